The van der Waals surface area contributed by atoms with Crippen molar-refractivity contribution in [1.29, 1.82) is 0 Å². The molecule has 1 N–H and O–H groups in total. The van der Waals surface area contributed by atoms with Crippen LogP contribution in [0.1, 0.15) is 13.8 Å². The van der Waals surface area contributed by atoms with Gasteiger partial charge in [0.05, 0.1) is 4.05 Å². The Morgan fingerprint density at radius 1 is 1.50 bits per heavy atom. The zero-order chi connectivity index (χ0) is 8.15. The monoisotopic (exact) mass is 253 g/mol. The summed E-state index contributed by atoms with van der Waals surface area (Å²) >= 11 is 2.41. The van der Waals surface area contributed by atoms with Crippen molar-refractivity contribution in [2.45, 2.75) is 17.9 Å². The minimum Gasteiger partial charge on any atom is -0.308 e. The maximum atomic E-state index is 3.77. The molecule has 0 amide bonds. The summed E-state index contributed by atoms with van der Waals surface area (Å²) < 4.78 is 0.547. The molecule has 0 radical (unpaired) electrons. The van der Waals surface area contributed by atoms with Gasteiger partial charge in [0.1, 0.15) is 0 Å². The van der Waals surface area contributed by atoms with Crippen LogP contribution in [0.15, 0.2) is 12.7 Å². The van der Waals surface area contributed by atoms with Gasteiger partial charge in [0.2, 0.25) is 0 Å². The molecule has 0 aromatic rings. The van der Waals surface area contributed by atoms with Crippen molar-refractivity contribution < 1.29 is 0 Å². The molecule has 3 atom stereocenters. The van der Waals surface area contributed by atoms with Gasteiger partial charge in [-0.3, -0.25) is 0 Å². The molecule has 0 bridgehead atoms. The first-order chi connectivity index (χ1) is 4.63. The summed E-state index contributed by atoms with van der Waals surface area (Å²) in [7, 11) is 1.99. The number of rotatable bonds is 4. The molecular formula is C8H16IN. The molecule has 0 saturated carbocycles. The maximum Gasteiger partial charge on any atom is 0.0622 e. The van der Waals surface area contributed by atoms with Gasteiger partial charge in [-0.15, -0.1) is 6.58 Å². The summed E-state index contributed by atoms with van der Waals surface area (Å²) in [6.45, 7) is 8.20. The molecule has 0 aromatic heterocycles. The Labute approximate surface area is 77.4 Å². The highest BCUT2D eigenvalue weighted by atomic mass is 127. The van der Waals surface area contributed by atoms with Crippen molar-refractivity contribution in [1.82, 2.24) is 5.32 Å². The molecule has 10 heavy (non-hydrogen) atoms. The van der Waals surface area contributed by atoms with Crippen LogP contribution in [0.25, 0.3) is 0 Å². The molecule has 0 aliphatic rings. The van der Waals surface area contributed by atoms with Crippen LogP contribution >= 0.6 is 22.6 Å². The summed E-state index contributed by atoms with van der Waals surface area (Å²) in [5, 5.41) is 3.22. The molecule has 0 spiro atoms. The lowest BCUT2D eigenvalue weighted by Crippen LogP contribution is -2.28. The van der Waals surface area contributed by atoms with Gasteiger partial charge in [0.15, 0.2) is 0 Å². The number of hydrogen-bond donors (Lipinski definition) is 1. The summed E-state index contributed by atoms with van der Waals surface area (Å²) in [5.41, 5.74) is 0. The van der Waals surface area contributed by atoms with Gasteiger partial charge in [-0.05, 0) is 18.9 Å². The van der Waals surface area contributed by atoms with Crippen LogP contribution < -0.4 is 5.32 Å². The fourth-order valence-electron chi connectivity index (χ4n) is 0.744. The van der Waals surface area contributed by atoms with E-state index in [0.717, 1.165) is 0 Å². The standard InChI is InChI=1S/C8H16IN/c1-5-6(2)7(3)8(9)10-4/h5-8,10H,1H2,2-4H3/t6?,7-,8?/m1/s1. The Kier molecular flexibility index (Phi) is 5.35. The Bertz CT molecular complexity index is 103. The van der Waals surface area contributed by atoms with E-state index < -0.39 is 0 Å². The summed E-state index contributed by atoms with van der Waals surface area (Å²) in [4.78, 5) is 0. The zero-order valence-electron chi connectivity index (χ0n) is 6.89. The molecule has 60 valence electrons. The van der Waals surface area contributed by atoms with Crippen LogP contribution in [0.3, 0.4) is 0 Å². The van der Waals surface area contributed by atoms with E-state index in [1.54, 1.807) is 0 Å². The number of halogens is 1. The van der Waals surface area contributed by atoms with Crippen LogP contribution in [-0.4, -0.2) is 11.1 Å². The van der Waals surface area contributed by atoms with E-state index in [0.29, 0.717) is 15.9 Å². The Hall–Kier alpha value is 0.430. The number of alkyl halides is 1. The quantitative estimate of drug-likeness (QED) is 0.351. The normalized spacial score (nSPS) is 19.6. The van der Waals surface area contributed by atoms with Crippen molar-refractivity contribution in [3.8, 4) is 0 Å². The highest BCUT2D eigenvalue weighted by Gasteiger charge is 2.15. The largest absolute Gasteiger partial charge is 0.308 e. The van der Waals surface area contributed by atoms with E-state index in [1.165, 1.54) is 0 Å². The Balaban J connectivity index is 3.80. The van der Waals surface area contributed by atoms with Gasteiger partial charge in [-0.25, -0.2) is 0 Å². The third-order valence-electron chi connectivity index (χ3n) is 1.94. The fraction of sp³-hybridized carbons (Fsp3) is 0.750. The van der Waals surface area contributed by atoms with Crippen LogP contribution in [0.4, 0.5) is 0 Å². The lowest BCUT2D eigenvalue weighted by atomic mass is 9.96. The summed E-state index contributed by atoms with van der Waals surface area (Å²) in [6, 6.07) is 0. The number of allylic oxidation sites excluding steroid dienone is 1. The molecule has 0 heterocycles. The topological polar surface area (TPSA) is 12.0 Å². The van der Waals surface area contributed by atoms with Gasteiger partial charge in [0.25, 0.3) is 0 Å². The van der Waals surface area contributed by atoms with Crippen molar-refractivity contribution in [2.75, 3.05) is 7.05 Å². The predicted molar refractivity (Wildman–Crippen MR) is 55.4 cm³/mol. The molecule has 1 nitrogen and oxygen atoms in total. The second-order valence-corrected chi connectivity index (χ2v) is 3.99. The maximum absolute atomic E-state index is 3.77. The minimum absolute atomic E-state index is 0.547. The lowest BCUT2D eigenvalue weighted by Gasteiger charge is -2.21. The molecule has 0 aliphatic carbocycles. The molecular weight excluding hydrogens is 237 g/mol. The first-order valence-electron chi connectivity index (χ1n) is 3.57. The third-order valence-corrected chi connectivity index (χ3v) is 3.70. The lowest BCUT2D eigenvalue weighted by molar-refractivity contribution is 0.428. The fourth-order valence-corrected chi connectivity index (χ4v) is 1.40. The molecule has 0 saturated heterocycles. The highest BCUT2D eigenvalue weighted by molar-refractivity contribution is 14.1. The van der Waals surface area contributed by atoms with E-state index in [2.05, 4.69) is 48.3 Å². The molecule has 0 aromatic carbocycles. The van der Waals surface area contributed by atoms with Crippen LogP contribution in [0.2, 0.25) is 0 Å². The smallest absolute Gasteiger partial charge is 0.0622 e. The van der Waals surface area contributed by atoms with E-state index in [-0.39, 0.29) is 0 Å². The van der Waals surface area contributed by atoms with Gasteiger partial charge < -0.3 is 5.32 Å². The second kappa shape index (κ2) is 5.13. The van der Waals surface area contributed by atoms with Crippen LogP contribution in [0.5, 0.6) is 0 Å². The van der Waals surface area contributed by atoms with Crippen molar-refractivity contribution >= 4 is 22.6 Å². The SMILES string of the molecule is C=CC(C)[C@@H](C)C(I)NC. The first kappa shape index (κ1) is 10.4. The minimum atomic E-state index is 0.547. The van der Waals surface area contributed by atoms with Gasteiger partial charge in [0, 0.05) is 0 Å². The summed E-state index contributed by atoms with van der Waals surface area (Å²) in [5.74, 6) is 1.25. The molecule has 2 heteroatoms. The molecule has 0 fully saturated rings. The average molecular weight is 253 g/mol. The molecule has 0 rings (SSSR count). The third kappa shape index (κ3) is 3.01. The number of hydrogen-bond acceptors (Lipinski definition) is 1. The highest BCUT2D eigenvalue weighted by Crippen LogP contribution is 2.19. The second-order valence-electron chi connectivity index (χ2n) is 2.64. The average Bonchev–Trinajstić information content (AvgIpc) is 2.00. The predicted octanol–water partition coefficient (Wildman–Crippen LogP) is 2.43. The van der Waals surface area contributed by atoms with E-state index in [1.807, 2.05) is 13.1 Å². The zero-order valence-corrected chi connectivity index (χ0v) is 9.05. The Morgan fingerprint density at radius 3 is 2.30 bits per heavy atom. The van der Waals surface area contributed by atoms with E-state index in [9.17, 15) is 0 Å². The van der Waals surface area contributed by atoms with Crippen molar-refractivity contribution in [3.05, 3.63) is 12.7 Å². The van der Waals surface area contributed by atoms with Crippen molar-refractivity contribution in [2.24, 2.45) is 11.8 Å². The van der Waals surface area contributed by atoms with Gasteiger partial charge >= 0.3 is 0 Å². The Morgan fingerprint density at radius 2 is 2.00 bits per heavy atom. The van der Waals surface area contributed by atoms with Gasteiger partial charge in [-0.2, -0.15) is 0 Å². The van der Waals surface area contributed by atoms with Crippen LogP contribution in [0, 0.1) is 11.8 Å². The molecule has 2 unspecified atom stereocenters. The van der Waals surface area contributed by atoms with E-state index >= 15 is 0 Å². The number of nitrogens with one attached hydrogen (secondary N) is 1. The van der Waals surface area contributed by atoms with E-state index in [4.69, 9.17) is 0 Å². The van der Waals surface area contributed by atoms with Crippen LogP contribution in [-0.2, 0) is 0 Å². The van der Waals surface area contributed by atoms with Crippen molar-refractivity contribution in [3.63, 3.8) is 0 Å². The summed E-state index contributed by atoms with van der Waals surface area (Å²) in [6.07, 6.45) is 2.01. The van der Waals surface area contributed by atoms with Gasteiger partial charge in [-0.1, -0.05) is 42.5 Å². The first-order valence-corrected chi connectivity index (χ1v) is 4.82. The molecule has 0 aliphatic heterocycles.